The predicted molar refractivity (Wildman–Crippen MR) is 139 cm³/mol. The van der Waals surface area contributed by atoms with Gasteiger partial charge in [-0.15, -0.1) is 0 Å². The number of sulfonamides is 1. The van der Waals surface area contributed by atoms with Crippen LogP contribution in [0.4, 0.5) is 11.4 Å². The van der Waals surface area contributed by atoms with Crippen LogP contribution in [-0.4, -0.2) is 40.1 Å². The summed E-state index contributed by atoms with van der Waals surface area (Å²) >= 11 is 6.14. The Morgan fingerprint density at radius 1 is 1.06 bits per heavy atom. The van der Waals surface area contributed by atoms with Crippen molar-refractivity contribution >= 4 is 38.9 Å². The van der Waals surface area contributed by atoms with Crippen molar-refractivity contribution in [1.29, 1.82) is 0 Å². The molecule has 0 aliphatic carbocycles. The molecule has 35 heavy (non-hydrogen) atoms. The summed E-state index contributed by atoms with van der Waals surface area (Å²) in [5.74, 6) is -0.115. The maximum absolute atomic E-state index is 13.4. The zero-order valence-corrected chi connectivity index (χ0v) is 21.2. The number of hydrogen-bond acceptors (Lipinski definition) is 5. The Balaban J connectivity index is 1.52. The molecule has 1 heterocycles. The Labute approximate surface area is 211 Å². The molecule has 1 amide bonds. The molecule has 0 aromatic heterocycles. The number of carbonyl (C=O) groups is 1. The minimum absolute atomic E-state index is 0.125. The summed E-state index contributed by atoms with van der Waals surface area (Å²) in [4.78, 5) is 15.4. The predicted octanol–water partition coefficient (Wildman–Crippen LogP) is 4.46. The molecule has 0 spiro atoms. The molecule has 1 N–H and O–H groups in total. The molecule has 3 aromatic carbocycles. The first kappa shape index (κ1) is 24.9. The van der Waals surface area contributed by atoms with E-state index in [1.807, 2.05) is 24.3 Å². The second kappa shape index (κ2) is 10.6. The first-order valence-electron chi connectivity index (χ1n) is 11.5. The molecule has 0 unspecified atom stereocenters. The van der Waals surface area contributed by atoms with Gasteiger partial charge in [0.25, 0.3) is 15.9 Å². The van der Waals surface area contributed by atoms with Gasteiger partial charge in [-0.1, -0.05) is 41.9 Å². The standard InChI is InChI=1S/C26H28ClN3O4S/c1-3-29(4-2)21-13-10-19(11-14-21)17-28-26(31)25-18-30(23-16-20(27)12-15-24(23)34-25)35(32,33)22-8-6-5-7-9-22/h5-16,25H,3-4,17-18H2,1-2H3,(H,28,31)/t25-/m0/s1. The van der Waals surface area contributed by atoms with Crippen molar-refractivity contribution in [3.8, 4) is 5.75 Å². The van der Waals surface area contributed by atoms with Crippen molar-refractivity contribution < 1.29 is 17.9 Å². The van der Waals surface area contributed by atoms with E-state index in [0.717, 1.165) is 24.3 Å². The van der Waals surface area contributed by atoms with Gasteiger partial charge in [0.05, 0.1) is 17.1 Å². The number of fused-ring (bicyclic) bond motifs is 1. The zero-order chi connectivity index (χ0) is 25.0. The van der Waals surface area contributed by atoms with Gasteiger partial charge in [-0.25, -0.2) is 8.42 Å². The minimum atomic E-state index is -3.93. The van der Waals surface area contributed by atoms with Gasteiger partial charge < -0.3 is 15.0 Å². The number of anilines is 2. The molecule has 0 saturated heterocycles. The third-order valence-electron chi connectivity index (χ3n) is 5.95. The Morgan fingerprint density at radius 2 is 1.74 bits per heavy atom. The molecule has 0 saturated carbocycles. The lowest BCUT2D eigenvalue weighted by Crippen LogP contribution is -2.50. The van der Waals surface area contributed by atoms with Crippen LogP contribution < -0.4 is 19.3 Å². The summed E-state index contributed by atoms with van der Waals surface area (Å²) < 4.78 is 34.0. The van der Waals surface area contributed by atoms with Crippen LogP contribution >= 0.6 is 11.6 Å². The van der Waals surface area contributed by atoms with Gasteiger partial charge in [-0.2, -0.15) is 0 Å². The smallest absolute Gasteiger partial charge is 0.264 e. The third kappa shape index (κ3) is 5.39. The van der Waals surface area contributed by atoms with Crippen molar-refractivity contribution in [2.24, 2.45) is 0 Å². The van der Waals surface area contributed by atoms with E-state index in [4.69, 9.17) is 16.3 Å². The van der Waals surface area contributed by atoms with Crippen LogP contribution in [0.3, 0.4) is 0 Å². The number of benzene rings is 3. The molecule has 9 heteroatoms. The lowest BCUT2D eigenvalue weighted by Gasteiger charge is -2.34. The van der Waals surface area contributed by atoms with Crippen molar-refractivity contribution in [2.45, 2.75) is 31.4 Å². The van der Waals surface area contributed by atoms with E-state index in [1.165, 1.54) is 22.5 Å². The topological polar surface area (TPSA) is 79.0 Å². The maximum atomic E-state index is 13.4. The number of rotatable bonds is 8. The summed E-state index contributed by atoms with van der Waals surface area (Å²) in [6.45, 7) is 6.18. The molecule has 0 radical (unpaired) electrons. The second-order valence-corrected chi connectivity index (χ2v) is 10.4. The largest absolute Gasteiger partial charge is 0.476 e. The minimum Gasteiger partial charge on any atom is -0.476 e. The van der Waals surface area contributed by atoms with Crippen LogP contribution in [0.1, 0.15) is 19.4 Å². The van der Waals surface area contributed by atoms with E-state index in [-0.39, 0.29) is 17.2 Å². The summed E-state index contributed by atoms with van der Waals surface area (Å²) in [5.41, 5.74) is 2.36. The van der Waals surface area contributed by atoms with Gasteiger partial charge in [0.15, 0.2) is 6.10 Å². The molecule has 7 nitrogen and oxygen atoms in total. The fourth-order valence-corrected chi connectivity index (χ4v) is 5.68. The van der Waals surface area contributed by atoms with E-state index < -0.39 is 22.0 Å². The van der Waals surface area contributed by atoms with Gasteiger partial charge in [-0.3, -0.25) is 9.10 Å². The lowest BCUT2D eigenvalue weighted by molar-refractivity contribution is -0.127. The SMILES string of the molecule is CCN(CC)c1ccc(CNC(=O)[C@@H]2CN(S(=O)(=O)c3ccccc3)c3cc(Cl)ccc3O2)cc1. The fourth-order valence-electron chi connectivity index (χ4n) is 4.02. The van der Waals surface area contributed by atoms with Crippen LogP contribution in [0.15, 0.2) is 77.7 Å². The van der Waals surface area contributed by atoms with Crippen LogP contribution in [0.25, 0.3) is 0 Å². The van der Waals surface area contributed by atoms with Crippen molar-refractivity contribution in [3.63, 3.8) is 0 Å². The van der Waals surface area contributed by atoms with Gasteiger partial charge in [0.1, 0.15) is 5.75 Å². The van der Waals surface area contributed by atoms with Gasteiger partial charge >= 0.3 is 0 Å². The van der Waals surface area contributed by atoms with E-state index in [9.17, 15) is 13.2 Å². The molecule has 184 valence electrons. The Morgan fingerprint density at radius 3 is 2.40 bits per heavy atom. The Kier molecular flexibility index (Phi) is 7.52. The highest BCUT2D eigenvalue weighted by Gasteiger charge is 2.37. The normalized spacial score (nSPS) is 15.2. The van der Waals surface area contributed by atoms with Crippen LogP contribution in [0, 0.1) is 0 Å². The third-order valence-corrected chi connectivity index (χ3v) is 7.97. The molecule has 1 aliphatic rings. The number of carbonyl (C=O) groups excluding carboxylic acids is 1. The molecule has 3 aromatic rings. The first-order valence-corrected chi connectivity index (χ1v) is 13.3. The van der Waals surface area contributed by atoms with E-state index >= 15 is 0 Å². The molecular formula is C26H28ClN3O4S. The molecule has 1 aliphatic heterocycles. The second-order valence-electron chi connectivity index (χ2n) is 8.12. The quantitative estimate of drug-likeness (QED) is 0.481. The van der Waals surface area contributed by atoms with Gasteiger partial charge in [0, 0.05) is 30.3 Å². The lowest BCUT2D eigenvalue weighted by atomic mass is 10.1. The van der Waals surface area contributed by atoms with Crippen molar-refractivity contribution in [2.75, 3.05) is 28.8 Å². The van der Waals surface area contributed by atoms with E-state index in [2.05, 4.69) is 24.1 Å². The maximum Gasteiger partial charge on any atom is 0.264 e. The summed E-state index contributed by atoms with van der Waals surface area (Å²) in [6.07, 6.45) is -1.02. The molecule has 0 bridgehead atoms. The van der Waals surface area contributed by atoms with Crippen LogP contribution in [0.2, 0.25) is 5.02 Å². The number of ether oxygens (including phenoxy) is 1. The summed E-state index contributed by atoms with van der Waals surface area (Å²) in [7, 11) is -3.93. The van der Waals surface area contributed by atoms with E-state index in [0.29, 0.717) is 17.3 Å². The number of nitrogens with one attached hydrogen (secondary N) is 1. The van der Waals surface area contributed by atoms with Crippen molar-refractivity contribution in [3.05, 3.63) is 83.4 Å². The van der Waals surface area contributed by atoms with Gasteiger partial charge in [0.2, 0.25) is 0 Å². The highest BCUT2D eigenvalue weighted by Crippen LogP contribution is 2.38. The Bertz CT molecular complexity index is 1280. The van der Waals surface area contributed by atoms with E-state index in [1.54, 1.807) is 30.3 Å². The Hall–Kier alpha value is -3.23. The molecule has 1 atom stereocenters. The average Bonchev–Trinajstić information content (AvgIpc) is 2.88. The highest BCUT2D eigenvalue weighted by molar-refractivity contribution is 7.92. The molecule has 4 rings (SSSR count). The number of nitrogens with zero attached hydrogens (tertiary/aromatic N) is 2. The fraction of sp³-hybridized carbons (Fsp3) is 0.269. The number of halogens is 1. The summed E-state index contributed by atoms with van der Waals surface area (Å²) in [5, 5.41) is 3.25. The van der Waals surface area contributed by atoms with Crippen molar-refractivity contribution in [1.82, 2.24) is 5.32 Å². The van der Waals surface area contributed by atoms with Gasteiger partial charge in [-0.05, 0) is 61.9 Å². The number of amides is 1. The average molecular weight is 514 g/mol. The zero-order valence-electron chi connectivity index (χ0n) is 19.6. The molecule has 0 fully saturated rings. The highest BCUT2D eigenvalue weighted by atomic mass is 35.5. The van der Waals surface area contributed by atoms with Crippen LogP contribution in [-0.2, 0) is 21.4 Å². The monoisotopic (exact) mass is 513 g/mol. The number of hydrogen-bond donors (Lipinski definition) is 1. The summed E-state index contributed by atoms with van der Waals surface area (Å²) in [6, 6.07) is 20.8. The van der Waals surface area contributed by atoms with Crippen LogP contribution in [0.5, 0.6) is 5.75 Å². The first-order chi connectivity index (χ1) is 16.8. The molecular weight excluding hydrogens is 486 g/mol.